The molecular formula is C14H15Cl2N3. The number of hydrogen-bond donors (Lipinski definition) is 2. The second-order valence-electron chi connectivity index (χ2n) is 4.98. The molecule has 0 atom stereocenters. The molecule has 0 aliphatic heterocycles. The highest BCUT2D eigenvalue weighted by Crippen LogP contribution is 2.38. The van der Waals surface area contributed by atoms with E-state index in [-0.39, 0.29) is 0 Å². The lowest BCUT2D eigenvalue weighted by atomic mass is 10.0. The lowest BCUT2D eigenvalue weighted by Crippen LogP contribution is -2.09. The van der Waals surface area contributed by atoms with Gasteiger partial charge in [-0.1, -0.05) is 36.0 Å². The minimum Gasteiger partial charge on any atom is -0.323 e. The quantitative estimate of drug-likeness (QED) is 0.634. The molecule has 0 bridgehead atoms. The molecular weight excluding hydrogens is 281 g/mol. The fourth-order valence-electron chi connectivity index (χ4n) is 2.80. The van der Waals surface area contributed by atoms with Crippen molar-refractivity contribution in [1.29, 1.82) is 0 Å². The van der Waals surface area contributed by atoms with Gasteiger partial charge in [0, 0.05) is 17.0 Å². The Morgan fingerprint density at radius 3 is 2.63 bits per heavy atom. The van der Waals surface area contributed by atoms with Crippen molar-refractivity contribution in [3.63, 3.8) is 0 Å². The number of hydrazine groups is 1. The second-order valence-corrected chi connectivity index (χ2v) is 5.76. The maximum Gasteiger partial charge on any atom is 0.0928 e. The minimum atomic E-state index is 0.496. The summed E-state index contributed by atoms with van der Waals surface area (Å²) in [6.45, 7) is 0. The first-order chi connectivity index (χ1) is 9.20. The summed E-state index contributed by atoms with van der Waals surface area (Å²) in [6, 6.07) is 5.69. The zero-order valence-electron chi connectivity index (χ0n) is 10.4. The van der Waals surface area contributed by atoms with Crippen molar-refractivity contribution in [3.8, 4) is 0 Å². The van der Waals surface area contributed by atoms with Gasteiger partial charge in [-0.2, -0.15) is 0 Å². The molecule has 1 aliphatic carbocycles. The average Bonchev–Trinajstić information content (AvgIpc) is 2.96. The molecule has 1 aromatic carbocycles. The Kier molecular flexibility index (Phi) is 3.52. The van der Waals surface area contributed by atoms with Gasteiger partial charge in [-0.15, -0.1) is 0 Å². The van der Waals surface area contributed by atoms with Gasteiger partial charge in [-0.05, 0) is 31.0 Å². The highest BCUT2D eigenvalue weighted by atomic mass is 35.5. The van der Waals surface area contributed by atoms with Crippen LogP contribution in [-0.4, -0.2) is 4.98 Å². The molecule has 1 fully saturated rings. The standard InChI is InChI=1S/C14H15Cl2N3/c15-10-6-5-9-12(19-17)7-11(8-3-1-2-4-8)18-14(9)13(10)16/h5-8H,1-4,17H2,(H,18,19). The van der Waals surface area contributed by atoms with E-state index in [1.165, 1.54) is 25.7 Å². The van der Waals surface area contributed by atoms with Crippen molar-refractivity contribution in [2.75, 3.05) is 5.43 Å². The maximum atomic E-state index is 6.27. The Balaban J connectivity index is 2.22. The molecule has 0 amide bonds. The Morgan fingerprint density at radius 2 is 1.95 bits per heavy atom. The molecule has 3 rings (SSSR count). The van der Waals surface area contributed by atoms with E-state index in [0.717, 1.165) is 22.3 Å². The van der Waals surface area contributed by atoms with Crippen LogP contribution in [0.4, 0.5) is 5.69 Å². The van der Waals surface area contributed by atoms with Crippen molar-refractivity contribution >= 4 is 39.8 Å². The first-order valence-electron chi connectivity index (χ1n) is 6.46. The van der Waals surface area contributed by atoms with Crippen molar-refractivity contribution in [2.45, 2.75) is 31.6 Å². The van der Waals surface area contributed by atoms with E-state index in [1.807, 2.05) is 12.1 Å². The average molecular weight is 296 g/mol. The molecule has 0 spiro atoms. The SMILES string of the molecule is NNc1cc(C2CCCC2)nc2c(Cl)c(Cl)ccc12. The highest BCUT2D eigenvalue weighted by Gasteiger charge is 2.20. The van der Waals surface area contributed by atoms with Crippen LogP contribution in [0.25, 0.3) is 10.9 Å². The van der Waals surface area contributed by atoms with Gasteiger partial charge in [0.15, 0.2) is 0 Å². The Morgan fingerprint density at radius 1 is 1.21 bits per heavy atom. The van der Waals surface area contributed by atoms with Gasteiger partial charge in [-0.3, -0.25) is 10.8 Å². The number of benzene rings is 1. The third-order valence-corrected chi connectivity index (χ3v) is 4.62. The van der Waals surface area contributed by atoms with Crippen molar-refractivity contribution < 1.29 is 0 Å². The number of fused-ring (bicyclic) bond motifs is 1. The molecule has 1 aliphatic rings. The lowest BCUT2D eigenvalue weighted by Gasteiger charge is -2.14. The van der Waals surface area contributed by atoms with Crippen LogP contribution in [0.1, 0.15) is 37.3 Å². The number of nitrogens with one attached hydrogen (secondary N) is 1. The van der Waals surface area contributed by atoms with Gasteiger partial charge in [0.2, 0.25) is 0 Å². The number of nitrogens with zero attached hydrogens (tertiary/aromatic N) is 1. The van der Waals surface area contributed by atoms with Gasteiger partial charge in [0.05, 0.1) is 21.2 Å². The third-order valence-electron chi connectivity index (χ3n) is 3.82. The Labute approximate surface area is 122 Å². The number of halogens is 2. The molecule has 3 nitrogen and oxygen atoms in total. The molecule has 1 saturated carbocycles. The van der Waals surface area contributed by atoms with Crippen molar-refractivity contribution in [2.24, 2.45) is 5.84 Å². The van der Waals surface area contributed by atoms with E-state index in [1.54, 1.807) is 6.07 Å². The topological polar surface area (TPSA) is 50.9 Å². The number of anilines is 1. The summed E-state index contributed by atoms with van der Waals surface area (Å²) in [5.41, 5.74) is 5.38. The molecule has 2 aromatic rings. The summed E-state index contributed by atoms with van der Waals surface area (Å²) in [4.78, 5) is 4.71. The monoisotopic (exact) mass is 295 g/mol. The van der Waals surface area contributed by atoms with E-state index < -0.39 is 0 Å². The summed E-state index contributed by atoms with van der Waals surface area (Å²) in [5.74, 6) is 6.12. The minimum absolute atomic E-state index is 0.496. The van der Waals surface area contributed by atoms with Gasteiger partial charge >= 0.3 is 0 Å². The first-order valence-corrected chi connectivity index (χ1v) is 7.21. The van der Waals surface area contributed by atoms with Crippen LogP contribution in [0.2, 0.25) is 10.0 Å². The summed E-state index contributed by atoms with van der Waals surface area (Å²) < 4.78 is 0. The van der Waals surface area contributed by atoms with Crippen LogP contribution in [0.15, 0.2) is 18.2 Å². The van der Waals surface area contributed by atoms with Crippen LogP contribution in [-0.2, 0) is 0 Å². The lowest BCUT2D eigenvalue weighted by molar-refractivity contribution is 0.701. The van der Waals surface area contributed by atoms with E-state index in [4.69, 9.17) is 34.0 Å². The molecule has 1 aromatic heterocycles. The molecule has 3 N–H and O–H groups in total. The molecule has 0 saturated heterocycles. The summed E-state index contributed by atoms with van der Waals surface area (Å²) in [6.07, 6.45) is 4.89. The molecule has 1 heterocycles. The van der Waals surface area contributed by atoms with Gasteiger partial charge in [0.25, 0.3) is 0 Å². The smallest absolute Gasteiger partial charge is 0.0928 e. The number of hydrogen-bond acceptors (Lipinski definition) is 3. The van der Waals surface area contributed by atoms with Crippen molar-refractivity contribution in [3.05, 3.63) is 33.9 Å². The Hall–Kier alpha value is -1.03. The summed E-state index contributed by atoms with van der Waals surface area (Å²) in [5, 5.41) is 1.92. The number of nitrogens with two attached hydrogens (primary N) is 1. The normalized spacial score (nSPS) is 16.2. The summed E-state index contributed by atoms with van der Waals surface area (Å²) in [7, 11) is 0. The van der Waals surface area contributed by atoms with Crippen molar-refractivity contribution in [1.82, 2.24) is 4.98 Å². The number of nitrogen functional groups attached to an aromatic ring is 1. The predicted octanol–water partition coefficient (Wildman–Crippen LogP) is 4.48. The van der Waals surface area contributed by atoms with E-state index in [2.05, 4.69) is 5.43 Å². The zero-order valence-corrected chi connectivity index (χ0v) is 11.9. The molecule has 19 heavy (non-hydrogen) atoms. The van der Waals surface area contributed by atoms with Gasteiger partial charge in [-0.25, -0.2) is 0 Å². The number of aromatic nitrogens is 1. The third kappa shape index (κ3) is 2.27. The van der Waals surface area contributed by atoms with Gasteiger partial charge in [0.1, 0.15) is 0 Å². The van der Waals surface area contributed by atoms with Crippen LogP contribution in [0.3, 0.4) is 0 Å². The second kappa shape index (κ2) is 5.16. The fourth-order valence-corrected chi connectivity index (χ4v) is 3.16. The van der Waals surface area contributed by atoms with Crippen LogP contribution < -0.4 is 11.3 Å². The number of rotatable bonds is 2. The number of pyridine rings is 1. The fraction of sp³-hybridized carbons (Fsp3) is 0.357. The maximum absolute atomic E-state index is 6.27. The molecule has 0 radical (unpaired) electrons. The van der Waals surface area contributed by atoms with E-state index in [9.17, 15) is 0 Å². The van der Waals surface area contributed by atoms with Gasteiger partial charge < -0.3 is 5.43 Å². The van der Waals surface area contributed by atoms with Crippen LogP contribution >= 0.6 is 23.2 Å². The highest BCUT2D eigenvalue weighted by molar-refractivity contribution is 6.45. The predicted molar refractivity (Wildman–Crippen MR) is 80.8 cm³/mol. The molecule has 100 valence electrons. The molecule has 5 heteroatoms. The van der Waals surface area contributed by atoms with E-state index in [0.29, 0.717) is 16.0 Å². The largest absolute Gasteiger partial charge is 0.323 e. The first kappa shape index (κ1) is 13.0. The van der Waals surface area contributed by atoms with Crippen LogP contribution in [0, 0.1) is 0 Å². The zero-order chi connectivity index (χ0) is 13.4. The summed E-state index contributed by atoms with van der Waals surface area (Å²) >= 11 is 12.3. The van der Waals surface area contributed by atoms with E-state index >= 15 is 0 Å². The Bertz CT molecular complexity index is 622. The van der Waals surface area contributed by atoms with Crippen LogP contribution in [0.5, 0.6) is 0 Å². The molecule has 0 unspecified atom stereocenters.